The van der Waals surface area contributed by atoms with E-state index >= 15 is 0 Å². The van der Waals surface area contributed by atoms with Crippen LogP contribution in [0.4, 0.5) is 0 Å². The van der Waals surface area contributed by atoms with Crippen LogP contribution >= 0.6 is 15.9 Å². The number of nitrogens with zero attached hydrogens (tertiary/aromatic N) is 1. The predicted molar refractivity (Wildman–Crippen MR) is 107 cm³/mol. The first kappa shape index (κ1) is 21.3. The summed E-state index contributed by atoms with van der Waals surface area (Å²) in [5, 5.41) is 2.38. The summed E-state index contributed by atoms with van der Waals surface area (Å²) < 4.78 is 18.3. The monoisotopic (exact) mass is 466 g/mol. The number of furan rings is 1. The Bertz CT molecular complexity index is 910. The van der Waals surface area contributed by atoms with Crippen molar-refractivity contribution in [1.82, 2.24) is 9.88 Å². The maximum absolute atomic E-state index is 12.5. The summed E-state index contributed by atoms with van der Waals surface area (Å²) in [5.74, 6) is -1.46. The van der Waals surface area contributed by atoms with Crippen molar-refractivity contribution >= 4 is 33.6 Å². The first-order valence-electron chi connectivity index (χ1n) is 9.36. The van der Waals surface area contributed by atoms with E-state index in [9.17, 15) is 14.4 Å². The summed E-state index contributed by atoms with van der Waals surface area (Å²) in [6.45, 7) is 4.55. The number of halogens is 1. The van der Waals surface area contributed by atoms with Gasteiger partial charge >= 0.3 is 5.97 Å². The van der Waals surface area contributed by atoms with Gasteiger partial charge < -0.3 is 23.8 Å². The van der Waals surface area contributed by atoms with Gasteiger partial charge in [-0.25, -0.2) is 0 Å². The molecule has 0 spiro atoms. The van der Waals surface area contributed by atoms with E-state index < -0.39 is 11.9 Å². The summed E-state index contributed by atoms with van der Waals surface area (Å²) in [6, 6.07) is 4.85. The van der Waals surface area contributed by atoms with Gasteiger partial charge in [-0.1, -0.05) is 0 Å². The fourth-order valence-electron chi connectivity index (χ4n) is 3.31. The number of hydrogen-bond donors (Lipinski definition) is 1. The minimum Gasteiger partial charge on any atom is -0.456 e. The Hall–Kier alpha value is -2.39. The Morgan fingerprint density at radius 2 is 2.10 bits per heavy atom. The molecule has 1 fully saturated rings. The molecule has 0 aliphatic carbocycles. The van der Waals surface area contributed by atoms with Crippen LogP contribution < -0.4 is 5.32 Å². The van der Waals surface area contributed by atoms with Crippen molar-refractivity contribution in [3.63, 3.8) is 0 Å². The molecule has 1 aliphatic rings. The minimum atomic E-state index is -0.703. The normalized spacial score (nSPS) is 16.0. The number of Topliss-reactive ketones (excluding diaryl/α,β-unsaturated/α-hetero) is 1. The molecular formula is C20H23BrN2O6. The van der Waals surface area contributed by atoms with E-state index in [0.717, 1.165) is 30.8 Å². The van der Waals surface area contributed by atoms with Gasteiger partial charge in [0.2, 0.25) is 5.78 Å². The number of carbonyl (C=O) groups is 3. The molecule has 1 saturated heterocycles. The second-order valence-electron chi connectivity index (χ2n) is 6.90. The molecule has 0 saturated carbocycles. The van der Waals surface area contributed by atoms with Crippen LogP contribution in [0.15, 0.2) is 27.3 Å². The molecule has 0 aromatic carbocycles. The lowest BCUT2D eigenvalue weighted by atomic mass is 10.1. The van der Waals surface area contributed by atoms with E-state index in [1.807, 2.05) is 13.8 Å². The van der Waals surface area contributed by atoms with Crippen LogP contribution in [-0.4, -0.2) is 48.1 Å². The van der Waals surface area contributed by atoms with Crippen LogP contribution in [0, 0.1) is 13.8 Å². The van der Waals surface area contributed by atoms with Crippen molar-refractivity contribution in [3.05, 3.63) is 45.6 Å². The third kappa shape index (κ3) is 5.36. The third-order valence-corrected chi connectivity index (χ3v) is 5.26. The van der Waals surface area contributed by atoms with Gasteiger partial charge in [-0.05, 0) is 60.8 Å². The average Bonchev–Trinajstić information content (AvgIpc) is 3.42. The number of carbonyl (C=O) groups excluding carboxylic acids is 3. The van der Waals surface area contributed by atoms with Gasteiger partial charge in [0, 0.05) is 30.1 Å². The van der Waals surface area contributed by atoms with Crippen molar-refractivity contribution in [3.8, 4) is 0 Å². The number of amides is 1. The molecule has 0 bridgehead atoms. The smallest absolute Gasteiger partial charge is 0.325 e. The lowest BCUT2D eigenvalue weighted by Gasteiger charge is -2.14. The van der Waals surface area contributed by atoms with Crippen molar-refractivity contribution in [2.24, 2.45) is 0 Å². The average molecular weight is 467 g/mol. The van der Waals surface area contributed by atoms with E-state index in [1.54, 1.807) is 12.1 Å². The number of aromatic nitrogens is 1. The van der Waals surface area contributed by atoms with Crippen LogP contribution in [0.2, 0.25) is 0 Å². The molecule has 1 amide bonds. The fourth-order valence-corrected chi connectivity index (χ4v) is 3.61. The molecule has 9 heteroatoms. The molecule has 2 aromatic heterocycles. The zero-order chi connectivity index (χ0) is 21.0. The molecule has 0 radical (unpaired) electrons. The number of ketones is 1. The van der Waals surface area contributed by atoms with Gasteiger partial charge in [0.05, 0.1) is 6.10 Å². The molecular weight excluding hydrogens is 444 g/mol. The second-order valence-corrected chi connectivity index (χ2v) is 7.68. The Morgan fingerprint density at radius 3 is 2.76 bits per heavy atom. The molecule has 1 atom stereocenters. The van der Waals surface area contributed by atoms with Crippen LogP contribution in [0.3, 0.4) is 0 Å². The zero-order valence-corrected chi connectivity index (χ0v) is 17.9. The molecule has 156 valence electrons. The molecule has 8 nitrogen and oxygen atoms in total. The standard InChI is InChI=1S/C20H23BrN2O6/c1-12-8-15(13(2)23(12)10-14-4-3-7-27-14)16(24)11-28-19(25)9-22-20(26)17-5-6-18(21)29-17/h5-6,8,14H,3-4,7,9-11H2,1-2H3,(H,22,26)/t14-/m0/s1. The maximum atomic E-state index is 12.5. The molecule has 29 heavy (non-hydrogen) atoms. The Labute approximate surface area is 176 Å². The first-order valence-corrected chi connectivity index (χ1v) is 10.1. The fraction of sp³-hybridized carbons (Fsp3) is 0.450. The highest BCUT2D eigenvalue weighted by atomic mass is 79.9. The van der Waals surface area contributed by atoms with E-state index in [0.29, 0.717) is 16.8 Å². The maximum Gasteiger partial charge on any atom is 0.325 e. The van der Waals surface area contributed by atoms with Crippen molar-refractivity contribution in [1.29, 1.82) is 0 Å². The summed E-state index contributed by atoms with van der Waals surface area (Å²) >= 11 is 3.10. The van der Waals surface area contributed by atoms with E-state index in [-0.39, 0.29) is 30.8 Å². The van der Waals surface area contributed by atoms with E-state index in [1.165, 1.54) is 6.07 Å². The summed E-state index contributed by atoms with van der Waals surface area (Å²) in [5.41, 5.74) is 2.32. The summed E-state index contributed by atoms with van der Waals surface area (Å²) in [4.78, 5) is 36.2. The van der Waals surface area contributed by atoms with Crippen LogP contribution in [-0.2, 0) is 20.8 Å². The summed E-state index contributed by atoms with van der Waals surface area (Å²) in [7, 11) is 0. The van der Waals surface area contributed by atoms with Gasteiger partial charge in [0.1, 0.15) is 6.54 Å². The Balaban J connectivity index is 1.49. The Morgan fingerprint density at radius 1 is 1.31 bits per heavy atom. The minimum absolute atomic E-state index is 0.0689. The second kappa shape index (κ2) is 9.41. The quantitative estimate of drug-likeness (QED) is 0.474. The zero-order valence-electron chi connectivity index (χ0n) is 16.3. The molecule has 0 unspecified atom stereocenters. The van der Waals surface area contributed by atoms with Crippen LogP contribution in [0.25, 0.3) is 0 Å². The lowest BCUT2D eigenvalue weighted by Crippen LogP contribution is -2.31. The van der Waals surface area contributed by atoms with Crippen LogP contribution in [0.5, 0.6) is 0 Å². The van der Waals surface area contributed by atoms with Gasteiger partial charge in [0.15, 0.2) is 17.0 Å². The predicted octanol–water partition coefficient (Wildman–Crippen LogP) is 2.80. The van der Waals surface area contributed by atoms with Crippen molar-refractivity contribution < 1.29 is 28.3 Å². The third-order valence-electron chi connectivity index (χ3n) is 4.84. The lowest BCUT2D eigenvalue weighted by molar-refractivity contribution is -0.141. The number of esters is 1. The largest absolute Gasteiger partial charge is 0.456 e. The highest BCUT2D eigenvalue weighted by molar-refractivity contribution is 9.10. The molecule has 3 heterocycles. The van der Waals surface area contributed by atoms with E-state index in [4.69, 9.17) is 13.9 Å². The highest BCUT2D eigenvalue weighted by Crippen LogP contribution is 2.20. The van der Waals surface area contributed by atoms with Crippen molar-refractivity contribution in [2.75, 3.05) is 19.8 Å². The van der Waals surface area contributed by atoms with Crippen molar-refractivity contribution in [2.45, 2.75) is 39.3 Å². The molecule has 2 aromatic rings. The van der Waals surface area contributed by atoms with Gasteiger partial charge in [-0.2, -0.15) is 0 Å². The number of nitrogens with one attached hydrogen (secondary N) is 1. The molecule has 1 aliphatic heterocycles. The molecule has 1 N–H and O–H groups in total. The summed E-state index contributed by atoms with van der Waals surface area (Å²) in [6.07, 6.45) is 2.23. The number of aryl methyl sites for hydroxylation is 1. The number of hydrogen-bond acceptors (Lipinski definition) is 6. The van der Waals surface area contributed by atoms with Gasteiger partial charge in [-0.15, -0.1) is 0 Å². The molecule has 3 rings (SSSR count). The van der Waals surface area contributed by atoms with Gasteiger partial charge in [0.25, 0.3) is 5.91 Å². The highest BCUT2D eigenvalue weighted by Gasteiger charge is 2.22. The SMILES string of the molecule is Cc1cc(C(=O)COC(=O)CNC(=O)c2ccc(Br)o2)c(C)n1C[C@@H]1CCCO1. The topological polar surface area (TPSA) is 99.8 Å². The first-order chi connectivity index (χ1) is 13.8. The van der Waals surface area contributed by atoms with E-state index in [2.05, 4.69) is 25.8 Å². The van der Waals surface area contributed by atoms with Crippen LogP contribution in [0.1, 0.15) is 45.1 Å². The number of rotatable bonds is 8. The Kier molecular flexibility index (Phi) is 6.92. The van der Waals surface area contributed by atoms with Gasteiger partial charge in [-0.3, -0.25) is 14.4 Å². The number of ether oxygens (including phenoxy) is 2.